The molecule has 0 spiro atoms. The maximum Gasteiger partial charge on any atom is 0.305 e. The number of hydrogen-bond donors (Lipinski definition) is 3. The van der Waals surface area contributed by atoms with Gasteiger partial charge < -0.3 is 20.3 Å². The summed E-state index contributed by atoms with van der Waals surface area (Å²) in [5.74, 6) is -2.61. The number of benzene rings is 2. The number of rotatable bonds is 10. The highest BCUT2D eigenvalue weighted by atomic mass is 19.1. The zero-order chi connectivity index (χ0) is 26.5. The van der Waals surface area contributed by atoms with E-state index in [4.69, 9.17) is 10.00 Å². The molecule has 0 radical (unpaired) electrons. The summed E-state index contributed by atoms with van der Waals surface area (Å²) < 4.78 is 21.4. The molecule has 3 rings (SSSR count). The number of aliphatic carboxylic acids is 1. The van der Waals surface area contributed by atoms with E-state index in [-0.39, 0.29) is 29.8 Å². The molecule has 0 saturated heterocycles. The lowest BCUT2D eigenvalue weighted by Crippen LogP contribution is -2.38. The Balaban J connectivity index is 1.96. The number of nitriles is 1. The van der Waals surface area contributed by atoms with Crippen LogP contribution in [0.1, 0.15) is 54.8 Å². The molecule has 1 aromatic heterocycles. The van der Waals surface area contributed by atoms with Crippen molar-refractivity contribution >= 4 is 11.9 Å². The van der Waals surface area contributed by atoms with Crippen LogP contribution in [0.25, 0.3) is 5.69 Å². The van der Waals surface area contributed by atoms with E-state index in [1.54, 1.807) is 31.2 Å². The molecule has 2 aromatic carbocycles. The fourth-order valence-corrected chi connectivity index (χ4v) is 3.24. The van der Waals surface area contributed by atoms with E-state index in [0.717, 1.165) is 4.68 Å². The van der Waals surface area contributed by atoms with Crippen molar-refractivity contribution in [2.45, 2.75) is 38.8 Å². The van der Waals surface area contributed by atoms with Crippen molar-refractivity contribution < 1.29 is 28.9 Å². The normalized spacial score (nSPS) is 13.5. The number of nitrogens with one attached hydrogen (secondary N) is 1. The standard InChI is InChI=1S/C26H27FN4O5/c1-16(2)26(3,35)15-36-23-12-21(30-31(23)22-10-5-4-9-19(22)27)25(34)29-20(13-24(32)33)18-8-6-7-17(11-18)14-28/h4-12,16,20,35H,13,15H2,1-3H3,(H,29,34)(H,32,33)/t20-,26-/m0/s1. The fraction of sp³-hybridized carbons (Fsp3) is 0.308. The molecule has 10 heteroatoms. The van der Waals surface area contributed by atoms with E-state index in [1.165, 1.54) is 30.3 Å². The van der Waals surface area contributed by atoms with E-state index in [9.17, 15) is 24.2 Å². The van der Waals surface area contributed by atoms with E-state index < -0.39 is 35.8 Å². The molecule has 0 unspecified atom stereocenters. The molecule has 36 heavy (non-hydrogen) atoms. The second-order valence-electron chi connectivity index (χ2n) is 8.89. The van der Waals surface area contributed by atoms with Crippen molar-refractivity contribution in [2.24, 2.45) is 5.92 Å². The lowest BCUT2D eigenvalue weighted by molar-refractivity contribution is -0.137. The minimum Gasteiger partial charge on any atom is -0.481 e. The summed E-state index contributed by atoms with van der Waals surface area (Å²) >= 11 is 0. The van der Waals surface area contributed by atoms with E-state index in [0.29, 0.717) is 11.1 Å². The minimum atomic E-state index is -1.20. The predicted molar refractivity (Wildman–Crippen MR) is 128 cm³/mol. The summed E-state index contributed by atoms with van der Waals surface area (Å²) in [5, 5.41) is 35.9. The number of halogens is 1. The zero-order valence-electron chi connectivity index (χ0n) is 20.1. The SMILES string of the molecule is CC(C)[C@@](C)(O)COc1cc(C(=O)N[C@@H](CC(=O)O)c2cccc(C#N)c2)nn1-c1ccccc1F. The Morgan fingerprint density at radius 3 is 2.58 bits per heavy atom. The molecule has 3 aromatic rings. The number of carbonyl (C=O) groups is 2. The Labute approximate surface area is 207 Å². The average molecular weight is 495 g/mol. The molecule has 0 bridgehead atoms. The van der Waals surface area contributed by atoms with Gasteiger partial charge in [0.15, 0.2) is 5.69 Å². The van der Waals surface area contributed by atoms with Crippen LogP contribution in [0.2, 0.25) is 0 Å². The summed E-state index contributed by atoms with van der Waals surface area (Å²) in [6, 6.07) is 14.4. The molecule has 0 fully saturated rings. The highest BCUT2D eigenvalue weighted by Gasteiger charge is 2.28. The first-order valence-corrected chi connectivity index (χ1v) is 11.2. The summed E-state index contributed by atoms with van der Waals surface area (Å²) in [7, 11) is 0. The second kappa shape index (κ2) is 11.0. The minimum absolute atomic E-state index is 0.0208. The number of ether oxygens (including phenoxy) is 1. The van der Waals surface area contributed by atoms with Gasteiger partial charge in [-0.2, -0.15) is 15.0 Å². The molecule has 3 N–H and O–H groups in total. The molecule has 1 heterocycles. The molecular weight excluding hydrogens is 467 g/mol. The highest BCUT2D eigenvalue weighted by Crippen LogP contribution is 2.25. The van der Waals surface area contributed by atoms with E-state index >= 15 is 0 Å². The monoisotopic (exact) mass is 494 g/mol. The average Bonchev–Trinajstić information content (AvgIpc) is 3.26. The Hall–Kier alpha value is -4.23. The zero-order valence-corrected chi connectivity index (χ0v) is 20.1. The van der Waals surface area contributed by atoms with Crippen LogP contribution in [0.3, 0.4) is 0 Å². The fourth-order valence-electron chi connectivity index (χ4n) is 3.24. The van der Waals surface area contributed by atoms with Crippen molar-refractivity contribution in [2.75, 3.05) is 6.61 Å². The molecule has 1 amide bonds. The Morgan fingerprint density at radius 2 is 1.94 bits per heavy atom. The number of carbonyl (C=O) groups excluding carboxylic acids is 1. The van der Waals surface area contributed by atoms with Crippen LogP contribution in [0.5, 0.6) is 5.88 Å². The van der Waals surface area contributed by atoms with Gasteiger partial charge in [-0.3, -0.25) is 9.59 Å². The number of para-hydroxylation sites is 1. The van der Waals surface area contributed by atoms with Gasteiger partial charge in [-0.1, -0.05) is 38.1 Å². The predicted octanol–water partition coefficient (Wildman–Crippen LogP) is 3.61. The van der Waals surface area contributed by atoms with Gasteiger partial charge in [0.2, 0.25) is 5.88 Å². The van der Waals surface area contributed by atoms with Gasteiger partial charge >= 0.3 is 5.97 Å². The number of nitrogens with zero attached hydrogens (tertiary/aromatic N) is 3. The Bertz CT molecular complexity index is 1300. The number of aromatic nitrogens is 2. The van der Waals surface area contributed by atoms with Crippen LogP contribution in [0, 0.1) is 23.1 Å². The lowest BCUT2D eigenvalue weighted by Gasteiger charge is -2.27. The third-order valence-corrected chi connectivity index (χ3v) is 5.85. The quantitative estimate of drug-likeness (QED) is 0.391. The molecule has 2 atom stereocenters. The van der Waals surface area contributed by atoms with Gasteiger partial charge in [0.05, 0.1) is 29.7 Å². The third kappa shape index (κ3) is 6.25. The van der Waals surface area contributed by atoms with Gasteiger partial charge in [-0.15, -0.1) is 0 Å². The van der Waals surface area contributed by atoms with Crippen LogP contribution < -0.4 is 10.1 Å². The molecule has 188 valence electrons. The van der Waals surface area contributed by atoms with Crippen molar-refractivity contribution in [3.8, 4) is 17.6 Å². The van der Waals surface area contributed by atoms with Crippen LogP contribution in [0.15, 0.2) is 54.6 Å². The number of carboxylic acids is 1. The second-order valence-corrected chi connectivity index (χ2v) is 8.89. The van der Waals surface area contributed by atoms with Gasteiger partial charge in [-0.25, -0.2) is 4.39 Å². The molecular formula is C26H27FN4O5. The van der Waals surface area contributed by atoms with E-state index in [1.807, 2.05) is 19.9 Å². The summed E-state index contributed by atoms with van der Waals surface area (Å²) in [4.78, 5) is 24.6. The summed E-state index contributed by atoms with van der Waals surface area (Å²) in [6.07, 6.45) is -0.435. The first-order valence-electron chi connectivity index (χ1n) is 11.2. The molecule has 0 aliphatic carbocycles. The Morgan fingerprint density at radius 1 is 1.22 bits per heavy atom. The lowest BCUT2D eigenvalue weighted by atomic mass is 9.94. The molecule has 0 aliphatic heterocycles. The van der Waals surface area contributed by atoms with Crippen LogP contribution >= 0.6 is 0 Å². The molecule has 9 nitrogen and oxygen atoms in total. The first kappa shape index (κ1) is 26.4. The maximum atomic E-state index is 14.6. The van der Waals surface area contributed by atoms with Gasteiger partial charge in [0.25, 0.3) is 5.91 Å². The van der Waals surface area contributed by atoms with Crippen LogP contribution in [-0.4, -0.2) is 44.1 Å². The third-order valence-electron chi connectivity index (χ3n) is 5.85. The van der Waals surface area contributed by atoms with Crippen LogP contribution in [0.4, 0.5) is 4.39 Å². The topological polar surface area (TPSA) is 137 Å². The van der Waals surface area contributed by atoms with Crippen LogP contribution in [-0.2, 0) is 4.79 Å². The first-order chi connectivity index (χ1) is 17.0. The van der Waals surface area contributed by atoms with Gasteiger partial charge in [-0.05, 0) is 42.7 Å². The van der Waals surface area contributed by atoms with Gasteiger partial charge in [0, 0.05) is 6.07 Å². The molecule has 0 saturated carbocycles. The number of amides is 1. The van der Waals surface area contributed by atoms with Gasteiger partial charge in [0.1, 0.15) is 18.1 Å². The molecule has 0 aliphatic rings. The van der Waals surface area contributed by atoms with Crippen molar-refractivity contribution in [1.29, 1.82) is 5.26 Å². The number of carboxylic acid groups (broad SMARTS) is 1. The number of hydrogen-bond acceptors (Lipinski definition) is 6. The Kier molecular flexibility index (Phi) is 8.07. The summed E-state index contributed by atoms with van der Waals surface area (Å²) in [5.41, 5.74) is -0.578. The largest absolute Gasteiger partial charge is 0.481 e. The van der Waals surface area contributed by atoms with Crippen molar-refractivity contribution in [3.05, 3.63) is 77.2 Å². The smallest absolute Gasteiger partial charge is 0.305 e. The van der Waals surface area contributed by atoms with Crippen molar-refractivity contribution in [3.63, 3.8) is 0 Å². The highest BCUT2D eigenvalue weighted by molar-refractivity contribution is 5.93. The summed E-state index contributed by atoms with van der Waals surface area (Å²) in [6.45, 7) is 5.09. The maximum absolute atomic E-state index is 14.6. The van der Waals surface area contributed by atoms with Crippen molar-refractivity contribution in [1.82, 2.24) is 15.1 Å². The van der Waals surface area contributed by atoms with E-state index in [2.05, 4.69) is 10.4 Å². The number of aliphatic hydroxyl groups is 1.